The molecule has 0 aromatic heterocycles. The average molecular weight is 1560 g/mol. The first-order chi connectivity index (χ1) is 51.9. The van der Waals surface area contributed by atoms with Crippen molar-refractivity contribution in [2.75, 3.05) is 39.6 Å². The highest BCUT2D eigenvalue weighted by Gasteiger charge is 2.31. The summed E-state index contributed by atoms with van der Waals surface area (Å²) in [5.74, 6) is -0.462. The zero-order valence-corrected chi connectivity index (χ0v) is 72.2. The van der Waals surface area contributed by atoms with E-state index in [9.17, 15) is 43.2 Å². The lowest BCUT2D eigenvalue weighted by Gasteiger charge is -2.21. The highest BCUT2D eigenvalue weighted by Crippen LogP contribution is 2.45. The third kappa shape index (κ3) is 80.5. The summed E-state index contributed by atoms with van der Waals surface area (Å²) in [5, 5.41) is 10.7. The molecule has 0 aromatic carbocycles. The van der Waals surface area contributed by atoms with Crippen LogP contribution in [0.3, 0.4) is 0 Å². The molecule has 0 aromatic rings. The molecule has 0 aliphatic carbocycles. The molecule has 0 fully saturated rings. The molecular weight excluding hydrogens is 1390 g/mol. The number of hydrogen-bond acceptors (Lipinski definition) is 15. The van der Waals surface area contributed by atoms with Crippen LogP contribution in [-0.4, -0.2) is 96.7 Å². The Labute approximate surface area is 658 Å². The zero-order valence-electron chi connectivity index (χ0n) is 70.5. The lowest BCUT2D eigenvalue weighted by atomic mass is 9.99. The Morgan fingerprint density at radius 3 is 0.710 bits per heavy atom. The van der Waals surface area contributed by atoms with Gasteiger partial charge in [0.05, 0.1) is 26.4 Å². The molecule has 19 heteroatoms. The van der Waals surface area contributed by atoms with Gasteiger partial charge in [0.15, 0.2) is 12.2 Å². The standard InChI is InChI=1S/C88H172O17P2/c1-7-10-12-14-16-18-20-22-23-24-25-29-32-35-41-47-53-59-65-71-86(91)99-77-83(104-87(92)72-66-60-54-48-42-36-33-30-27-26-28-31-34-39-45-51-57-63-69-81(6)9-3)78-102-106(94,95)100-74-82(89)75-101-107(96,97)103-79-84(76-98-85(90)70-64-58-52-46-40-21-19-17-15-13-11-8-2)105-88(93)73-67-61-55-49-43-37-38-44-50-56-62-68-80(4)5/h80-84,89H,7-79H2,1-6H3,(H,94,95)(H,96,97)/t81?,82-,83-,84-/m1/s1. The second kappa shape index (κ2) is 79.3. The number of carbonyl (C=O) groups is 4. The number of phosphoric ester groups is 2. The van der Waals surface area contributed by atoms with Crippen LogP contribution in [0.4, 0.5) is 0 Å². The fourth-order valence-corrected chi connectivity index (χ4v) is 15.3. The maximum Gasteiger partial charge on any atom is 0.472 e. The molecule has 0 amide bonds. The lowest BCUT2D eigenvalue weighted by Crippen LogP contribution is -2.30. The van der Waals surface area contributed by atoms with Crippen LogP contribution in [0.2, 0.25) is 0 Å². The molecule has 0 saturated carbocycles. The van der Waals surface area contributed by atoms with Gasteiger partial charge in [0, 0.05) is 25.7 Å². The Balaban J connectivity index is 5.24. The molecule has 0 saturated heterocycles. The van der Waals surface area contributed by atoms with Crippen LogP contribution in [0, 0.1) is 11.8 Å². The van der Waals surface area contributed by atoms with Gasteiger partial charge in [-0.15, -0.1) is 0 Å². The topological polar surface area (TPSA) is 237 Å². The predicted octanol–water partition coefficient (Wildman–Crippen LogP) is 27.0. The Bertz CT molecular complexity index is 2050. The van der Waals surface area contributed by atoms with Crippen molar-refractivity contribution >= 4 is 39.5 Å². The van der Waals surface area contributed by atoms with Crippen LogP contribution >= 0.6 is 15.6 Å². The van der Waals surface area contributed by atoms with Crippen LogP contribution in [-0.2, 0) is 65.4 Å². The molecule has 0 heterocycles. The molecule has 6 atom stereocenters. The van der Waals surface area contributed by atoms with E-state index in [2.05, 4.69) is 41.5 Å². The molecule has 0 aliphatic heterocycles. The number of phosphoric acid groups is 2. The summed E-state index contributed by atoms with van der Waals surface area (Å²) in [6.45, 7) is 9.75. The number of esters is 4. The van der Waals surface area contributed by atoms with Crippen molar-refractivity contribution in [2.45, 2.75) is 490 Å². The van der Waals surface area contributed by atoms with Crippen molar-refractivity contribution in [2.24, 2.45) is 11.8 Å². The van der Waals surface area contributed by atoms with Gasteiger partial charge in [-0.3, -0.25) is 37.3 Å². The second-order valence-corrected chi connectivity index (χ2v) is 35.3. The number of aliphatic hydroxyl groups excluding tert-OH is 1. The first kappa shape index (κ1) is 105. The molecule has 3 N–H and O–H groups in total. The molecule has 3 unspecified atom stereocenters. The summed E-state index contributed by atoms with van der Waals surface area (Å²) in [4.78, 5) is 73.3. The van der Waals surface area contributed by atoms with Crippen molar-refractivity contribution in [1.82, 2.24) is 0 Å². The minimum absolute atomic E-state index is 0.107. The van der Waals surface area contributed by atoms with Crippen molar-refractivity contribution in [3.63, 3.8) is 0 Å². The summed E-state index contributed by atoms with van der Waals surface area (Å²) in [5.41, 5.74) is 0. The van der Waals surface area contributed by atoms with E-state index < -0.39 is 97.5 Å². The Morgan fingerprint density at radius 2 is 0.477 bits per heavy atom. The lowest BCUT2D eigenvalue weighted by molar-refractivity contribution is -0.161. The van der Waals surface area contributed by atoms with E-state index in [-0.39, 0.29) is 25.7 Å². The fourth-order valence-electron chi connectivity index (χ4n) is 13.7. The summed E-state index contributed by atoms with van der Waals surface area (Å²) in [6, 6.07) is 0. The molecule has 107 heavy (non-hydrogen) atoms. The minimum atomic E-state index is -4.97. The van der Waals surface area contributed by atoms with Crippen molar-refractivity contribution in [3.8, 4) is 0 Å². The SMILES string of the molecule is CCCCCCCCCCCCCCCCCCCCCC(=O)OC[C@H](COP(=O)(O)OC[C@@H](O)COP(=O)(O)OC[C@@H](COC(=O)CCCCCCCCCCCCCC)OC(=O)CCCCCCCCCCCCCC(C)C)OC(=O)CCCCCCCCCCCCCCCCCCCCC(C)CC. The average Bonchev–Trinajstić information content (AvgIpc) is 0.900. The number of ether oxygens (including phenoxy) is 4. The maximum atomic E-state index is 13.2. The number of unbranched alkanes of at least 4 members (excludes halogenated alkanes) is 56. The summed E-state index contributed by atoms with van der Waals surface area (Å²) in [7, 11) is -9.93. The highest BCUT2D eigenvalue weighted by atomic mass is 31.2. The van der Waals surface area contributed by atoms with Gasteiger partial charge < -0.3 is 33.8 Å². The van der Waals surface area contributed by atoms with E-state index in [0.717, 1.165) is 102 Å². The number of carbonyl (C=O) groups excluding carboxylic acids is 4. The number of aliphatic hydroxyl groups is 1. The molecule has 0 aliphatic rings. The molecule has 0 bridgehead atoms. The summed E-state index contributed by atoms with van der Waals surface area (Å²) >= 11 is 0. The molecular formula is C88H172O17P2. The van der Waals surface area contributed by atoms with E-state index in [1.54, 1.807) is 0 Å². The Morgan fingerprint density at radius 1 is 0.271 bits per heavy atom. The summed E-state index contributed by atoms with van der Waals surface area (Å²) < 4.78 is 69.0. The normalized spacial score (nSPS) is 14.0. The molecule has 636 valence electrons. The molecule has 17 nitrogen and oxygen atoms in total. The summed E-state index contributed by atoms with van der Waals surface area (Å²) in [6.07, 6.45) is 72.1. The van der Waals surface area contributed by atoms with Crippen molar-refractivity contribution < 1.29 is 80.2 Å². The zero-order chi connectivity index (χ0) is 78.5. The molecule has 0 radical (unpaired) electrons. The first-order valence-corrected chi connectivity index (χ1v) is 48.5. The van der Waals surface area contributed by atoms with E-state index >= 15 is 0 Å². The number of rotatable bonds is 87. The fraction of sp³-hybridized carbons (Fsp3) is 0.955. The molecule has 0 rings (SSSR count). The number of hydrogen-bond donors (Lipinski definition) is 3. The minimum Gasteiger partial charge on any atom is -0.462 e. The third-order valence-corrected chi connectivity index (χ3v) is 23.0. The van der Waals surface area contributed by atoms with Gasteiger partial charge in [-0.05, 0) is 37.5 Å². The van der Waals surface area contributed by atoms with Gasteiger partial charge in [-0.1, -0.05) is 420 Å². The van der Waals surface area contributed by atoms with Gasteiger partial charge in [-0.25, -0.2) is 9.13 Å². The van der Waals surface area contributed by atoms with Crippen LogP contribution in [0.5, 0.6) is 0 Å². The quantitative estimate of drug-likeness (QED) is 0.0222. The van der Waals surface area contributed by atoms with Crippen LogP contribution in [0.1, 0.15) is 472 Å². The van der Waals surface area contributed by atoms with E-state index in [1.165, 1.54) is 289 Å². The highest BCUT2D eigenvalue weighted by molar-refractivity contribution is 7.47. The van der Waals surface area contributed by atoms with E-state index in [0.29, 0.717) is 25.7 Å². The van der Waals surface area contributed by atoms with Gasteiger partial charge >= 0.3 is 39.5 Å². The smallest absolute Gasteiger partial charge is 0.462 e. The van der Waals surface area contributed by atoms with E-state index in [1.807, 2.05) is 0 Å². The first-order valence-electron chi connectivity index (χ1n) is 45.5. The maximum absolute atomic E-state index is 13.2. The Hall–Kier alpha value is -1.94. The van der Waals surface area contributed by atoms with Gasteiger partial charge in [-0.2, -0.15) is 0 Å². The van der Waals surface area contributed by atoms with Gasteiger partial charge in [0.2, 0.25) is 0 Å². The van der Waals surface area contributed by atoms with Crippen LogP contribution < -0.4 is 0 Å². The van der Waals surface area contributed by atoms with Gasteiger partial charge in [0.1, 0.15) is 19.3 Å². The Kier molecular flexibility index (Phi) is 77.9. The van der Waals surface area contributed by atoms with E-state index in [4.69, 9.17) is 37.0 Å². The second-order valence-electron chi connectivity index (χ2n) is 32.4. The van der Waals surface area contributed by atoms with Crippen molar-refractivity contribution in [1.29, 1.82) is 0 Å². The monoisotopic (exact) mass is 1560 g/mol. The van der Waals surface area contributed by atoms with Gasteiger partial charge in [0.25, 0.3) is 0 Å². The van der Waals surface area contributed by atoms with Crippen molar-refractivity contribution in [3.05, 3.63) is 0 Å². The third-order valence-electron chi connectivity index (χ3n) is 21.1. The van der Waals surface area contributed by atoms with Crippen LogP contribution in [0.15, 0.2) is 0 Å². The van der Waals surface area contributed by atoms with Crippen LogP contribution in [0.25, 0.3) is 0 Å². The molecule has 0 spiro atoms. The predicted molar refractivity (Wildman–Crippen MR) is 442 cm³/mol. The largest absolute Gasteiger partial charge is 0.472 e.